The molecular weight excluding hydrogens is 271 g/mol. The molecule has 0 amide bonds. The van der Waals surface area contributed by atoms with Gasteiger partial charge in [-0.15, -0.1) is 0 Å². The molecule has 0 saturated carbocycles. The van der Waals surface area contributed by atoms with Gasteiger partial charge in [-0.3, -0.25) is 4.79 Å². The molecule has 0 aliphatic heterocycles. The zero-order chi connectivity index (χ0) is 14.6. The minimum absolute atomic E-state index is 0.0154. The van der Waals surface area contributed by atoms with Crippen molar-refractivity contribution in [2.45, 2.75) is 13.8 Å². The van der Waals surface area contributed by atoms with Crippen molar-refractivity contribution in [3.8, 4) is 5.75 Å². The molecule has 19 heavy (non-hydrogen) atoms. The number of rotatable bonds is 6. The van der Waals surface area contributed by atoms with E-state index in [2.05, 4.69) is 0 Å². The maximum Gasteiger partial charge on any atom is 0.177 e. The maximum atomic E-state index is 13.4. The Hall–Kier alpha value is -1.43. The van der Waals surface area contributed by atoms with Gasteiger partial charge in [0.25, 0.3) is 0 Å². The Bertz CT molecular complexity index is 564. The van der Waals surface area contributed by atoms with Crippen LogP contribution in [0.15, 0.2) is 18.2 Å². The monoisotopic (exact) mass is 288 g/mol. The summed E-state index contributed by atoms with van der Waals surface area (Å²) in [6.07, 6.45) is 0. The first kappa shape index (κ1) is 15.6. The van der Waals surface area contributed by atoms with E-state index in [0.29, 0.717) is 0 Å². The molecule has 0 fully saturated rings. The number of ketones is 1. The van der Waals surface area contributed by atoms with Crippen LogP contribution < -0.4 is 4.74 Å². The molecular formula is C13H17FO4S. The predicted molar refractivity (Wildman–Crippen MR) is 70.8 cm³/mol. The van der Waals surface area contributed by atoms with Crippen molar-refractivity contribution in [2.75, 3.05) is 18.6 Å². The van der Waals surface area contributed by atoms with Crippen LogP contribution in [0.5, 0.6) is 5.75 Å². The van der Waals surface area contributed by atoms with Crippen LogP contribution in [-0.4, -0.2) is 32.8 Å². The van der Waals surface area contributed by atoms with Crippen LogP contribution in [0.4, 0.5) is 4.39 Å². The van der Waals surface area contributed by atoms with Gasteiger partial charge in [0.1, 0.15) is 5.75 Å². The Balaban J connectivity index is 2.87. The van der Waals surface area contributed by atoms with Gasteiger partial charge >= 0.3 is 0 Å². The van der Waals surface area contributed by atoms with E-state index in [-0.39, 0.29) is 23.0 Å². The van der Waals surface area contributed by atoms with Crippen molar-refractivity contribution in [2.24, 2.45) is 5.92 Å². The number of benzene rings is 1. The van der Waals surface area contributed by atoms with Gasteiger partial charge in [-0.05, 0) is 24.1 Å². The smallest absolute Gasteiger partial charge is 0.177 e. The Kier molecular flexibility index (Phi) is 5.05. The van der Waals surface area contributed by atoms with Crippen LogP contribution in [0.3, 0.4) is 0 Å². The molecule has 106 valence electrons. The summed E-state index contributed by atoms with van der Waals surface area (Å²) in [5.74, 6) is -1.99. The molecule has 4 nitrogen and oxygen atoms in total. The number of Topliss-reactive ketones (excluding diaryl/α,β-unsaturated/α-hetero) is 1. The van der Waals surface area contributed by atoms with Crippen molar-refractivity contribution in [3.05, 3.63) is 29.6 Å². The van der Waals surface area contributed by atoms with Gasteiger partial charge in [-0.2, -0.15) is 0 Å². The standard InChI is InChI=1S/C13H17FO4S/c1-9(2)7-19(16,17)8-12(15)10-4-5-13(18-3)11(14)6-10/h4-6,9H,7-8H2,1-3H3. The molecule has 6 heteroatoms. The third-order valence-corrected chi connectivity index (χ3v) is 4.29. The number of methoxy groups -OCH3 is 1. The highest BCUT2D eigenvalue weighted by atomic mass is 32.2. The minimum Gasteiger partial charge on any atom is -0.494 e. The minimum atomic E-state index is -3.46. The highest BCUT2D eigenvalue weighted by Gasteiger charge is 2.20. The molecule has 0 unspecified atom stereocenters. The third kappa shape index (κ3) is 4.63. The van der Waals surface area contributed by atoms with Gasteiger partial charge < -0.3 is 4.74 Å². The number of ether oxygens (including phenoxy) is 1. The van der Waals surface area contributed by atoms with E-state index in [1.165, 1.54) is 19.2 Å². The third-order valence-electron chi connectivity index (χ3n) is 2.41. The summed E-state index contributed by atoms with van der Waals surface area (Å²) in [7, 11) is -2.15. The molecule has 0 aromatic heterocycles. The lowest BCUT2D eigenvalue weighted by Gasteiger charge is -2.07. The molecule has 0 N–H and O–H groups in total. The van der Waals surface area contributed by atoms with Crippen molar-refractivity contribution in [3.63, 3.8) is 0 Å². The number of carbonyl (C=O) groups excluding carboxylic acids is 1. The van der Waals surface area contributed by atoms with E-state index in [1.807, 2.05) is 0 Å². The van der Waals surface area contributed by atoms with E-state index < -0.39 is 27.2 Å². The first-order valence-corrected chi connectivity index (χ1v) is 7.64. The summed E-state index contributed by atoms with van der Waals surface area (Å²) in [6, 6.07) is 3.65. The molecule has 1 aromatic rings. The van der Waals surface area contributed by atoms with Crippen molar-refractivity contribution in [1.82, 2.24) is 0 Å². The highest BCUT2D eigenvalue weighted by Crippen LogP contribution is 2.18. The molecule has 0 saturated heterocycles. The molecule has 0 aliphatic carbocycles. The van der Waals surface area contributed by atoms with E-state index >= 15 is 0 Å². The lowest BCUT2D eigenvalue weighted by Crippen LogP contribution is -2.21. The summed E-state index contributed by atoms with van der Waals surface area (Å²) < 4.78 is 41.5. The lowest BCUT2D eigenvalue weighted by molar-refractivity contribution is 0.102. The van der Waals surface area contributed by atoms with Gasteiger partial charge in [0.2, 0.25) is 0 Å². The van der Waals surface area contributed by atoms with Crippen LogP contribution in [0.25, 0.3) is 0 Å². The Morgan fingerprint density at radius 3 is 2.47 bits per heavy atom. The van der Waals surface area contributed by atoms with Crippen molar-refractivity contribution in [1.29, 1.82) is 0 Å². The first-order valence-electron chi connectivity index (χ1n) is 5.82. The fraction of sp³-hybridized carbons (Fsp3) is 0.462. The van der Waals surface area contributed by atoms with E-state index in [0.717, 1.165) is 6.07 Å². The fourth-order valence-electron chi connectivity index (χ4n) is 1.69. The van der Waals surface area contributed by atoms with Gasteiger partial charge in [0.05, 0.1) is 12.9 Å². The average Bonchev–Trinajstić information content (AvgIpc) is 2.26. The van der Waals surface area contributed by atoms with Gasteiger partial charge in [0.15, 0.2) is 27.2 Å². The molecule has 0 atom stereocenters. The maximum absolute atomic E-state index is 13.4. The normalized spacial score (nSPS) is 11.6. The second-order valence-electron chi connectivity index (χ2n) is 4.72. The largest absolute Gasteiger partial charge is 0.494 e. The quantitative estimate of drug-likeness (QED) is 0.752. The molecule has 0 radical (unpaired) electrons. The van der Waals surface area contributed by atoms with Crippen molar-refractivity contribution < 1.29 is 22.3 Å². The van der Waals surface area contributed by atoms with Crippen LogP contribution >= 0.6 is 0 Å². The number of halogens is 1. The van der Waals surface area contributed by atoms with Gasteiger partial charge in [-0.1, -0.05) is 13.8 Å². The Morgan fingerprint density at radius 1 is 1.37 bits per heavy atom. The highest BCUT2D eigenvalue weighted by molar-refractivity contribution is 7.92. The molecule has 0 heterocycles. The lowest BCUT2D eigenvalue weighted by atomic mass is 10.1. The molecule has 0 aliphatic rings. The predicted octanol–water partition coefficient (Wildman–Crippen LogP) is 2.09. The summed E-state index contributed by atoms with van der Waals surface area (Å²) in [5, 5.41) is 0. The molecule has 0 bridgehead atoms. The van der Waals surface area contributed by atoms with Crippen LogP contribution in [0.2, 0.25) is 0 Å². The Morgan fingerprint density at radius 2 is 2.00 bits per heavy atom. The van der Waals surface area contributed by atoms with Gasteiger partial charge in [0, 0.05) is 5.56 Å². The molecule has 0 spiro atoms. The summed E-state index contributed by atoms with van der Waals surface area (Å²) in [5.41, 5.74) is 0.0330. The summed E-state index contributed by atoms with van der Waals surface area (Å²) in [4.78, 5) is 11.8. The fourth-order valence-corrected chi connectivity index (χ4v) is 3.39. The first-order chi connectivity index (χ1) is 8.75. The van der Waals surface area contributed by atoms with Crippen LogP contribution in [0, 0.1) is 11.7 Å². The van der Waals surface area contributed by atoms with Crippen LogP contribution in [-0.2, 0) is 9.84 Å². The second-order valence-corrected chi connectivity index (χ2v) is 6.83. The van der Waals surface area contributed by atoms with E-state index in [1.54, 1.807) is 13.8 Å². The zero-order valence-electron chi connectivity index (χ0n) is 11.1. The second kappa shape index (κ2) is 6.14. The number of hydrogen-bond donors (Lipinski definition) is 0. The van der Waals surface area contributed by atoms with E-state index in [4.69, 9.17) is 4.74 Å². The molecule has 1 aromatic carbocycles. The summed E-state index contributed by atoms with van der Waals surface area (Å²) in [6.45, 7) is 3.52. The zero-order valence-corrected chi connectivity index (χ0v) is 12.0. The van der Waals surface area contributed by atoms with E-state index in [9.17, 15) is 17.6 Å². The van der Waals surface area contributed by atoms with Crippen molar-refractivity contribution >= 4 is 15.6 Å². The number of sulfone groups is 1. The average molecular weight is 288 g/mol. The number of hydrogen-bond acceptors (Lipinski definition) is 4. The summed E-state index contributed by atoms with van der Waals surface area (Å²) >= 11 is 0. The van der Waals surface area contributed by atoms with Crippen LogP contribution in [0.1, 0.15) is 24.2 Å². The molecule has 1 rings (SSSR count). The topological polar surface area (TPSA) is 60.4 Å². The number of carbonyl (C=O) groups is 1. The SMILES string of the molecule is COc1ccc(C(=O)CS(=O)(=O)CC(C)C)cc1F. The Labute approximate surface area is 112 Å². The van der Waals surface area contributed by atoms with Gasteiger partial charge in [-0.25, -0.2) is 12.8 Å².